The van der Waals surface area contributed by atoms with E-state index in [1.807, 2.05) is 0 Å². The number of carbonyl (C=O) groups is 1. The Morgan fingerprint density at radius 1 is 0.970 bits per heavy atom. The van der Waals surface area contributed by atoms with Crippen LogP contribution in [0.15, 0.2) is 64.9 Å². The largest absolute Gasteiger partial charge is 0.273 e. The third kappa shape index (κ3) is 5.21. The molecule has 1 N–H and O–H groups in total. The number of amides is 1. The maximum atomic E-state index is 14.3. The Balaban J connectivity index is 2.02. The van der Waals surface area contributed by atoms with Gasteiger partial charge >= 0.3 is 0 Å². The van der Waals surface area contributed by atoms with Crippen LogP contribution in [0.5, 0.6) is 0 Å². The molecule has 3 aromatic rings. The molecule has 0 atom stereocenters. The highest BCUT2D eigenvalue weighted by molar-refractivity contribution is 7.89. The predicted molar refractivity (Wildman–Crippen MR) is 107 cm³/mol. The Labute approximate surface area is 184 Å². The molecule has 0 saturated heterocycles. The first-order valence-electron chi connectivity index (χ1n) is 9.10. The van der Waals surface area contributed by atoms with Crippen LogP contribution in [0.3, 0.4) is 0 Å². The molecule has 0 aliphatic heterocycles. The summed E-state index contributed by atoms with van der Waals surface area (Å²) in [5.41, 5.74) is 2.28. The van der Waals surface area contributed by atoms with Crippen LogP contribution in [0.1, 0.15) is 21.6 Å². The quantitative estimate of drug-likeness (QED) is 0.174. The molecule has 0 aliphatic rings. The van der Waals surface area contributed by atoms with Gasteiger partial charge in [0.1, 0.15) is 4.90 Å². The highest BCUT2D eigenvalue weighted by atomic mass is 32.2. The third-order valence-electron chi connectivity index (χ3n) is 4.47. The summed E-state index contributed by atoms with van der Waals surface area (Å²) in [6.07, 6.45) is 1.38. The fourth-order valence-corrected chi connectivity index (χ4v) is 4.32. The van der Waals surface area contributed by atoms with E-state index in [1.54, 1.807) is 17.6 Å². The second kappa shape index (κ2) is 9.83. The number of hydrogen-bond acceptors (Lipinski definition) is 6. The average Bonchev–Trinajstić information content (AvgIpc) is 2.80. The van der Waals surface area contributed by atoms with Crippen molar-refractivity contribution >= 4 is 15.9 Å². The van der Waals surface area contributed by atoms with Crippen molar-refractivity contribution in [1.29, 1.82) is 0 Å². The molecular formula is C20H14F4N4O4S. The van der Waals surface area contributed by atoms with E-state index in [4.69, 9.17) is 0 Å². The SMILES string of the molecule is O=NNC(=O)c1ccc(CN(Cc2ccccn2)S(=O)(=O)c2cc(F)c(F)c(F)c2F)cc1. The first-order valence-corrected chi connectivity index (χ1v) is 10.5. The number of pyridine rings is 1. The highest BCUT2D eigenvalue weighted by Crippen LogP contribution is 2.27. The van der Waals surface area contributed by atoms with Crippen LogP contribution in [-0.4, -0.2) is 23.6 Å². The number of halogens is 4. The Kier molecular flexibility index (Phi) is 7.13. The summed E-state index contributed by atoms with van der Waals surface area (Å²) in [6.45, 7) is -0.840. The van der Waals surface area contributed by atoms with Crippen LogP contribution < -0.4 is 5.43 Å². The van der Waals surface area contributed by atoms with Crippen LogP contribution in [0.4, 0.5) is 17.6 Å². The molecule has 33 heavy (non-hydrogen) atoms. The number of rotatable bonds is 8. The van der Waals surface area contributed by atoms with Gasteiger partial charge in [-0.25, -0.2) is 31.4 Å². The van der Waals surface area contributed by atoms with Crippen molar-refractivity contribution in [3.05, 3.63) is 99.7 Å². The molecule has 0 spiro atoms. The Hall–Kier alpha value is -3.71. The number of nitroso groups, excluding NO2 is 1. The second-order valence-corrected chi connectivity index (χ2v) is 8.53. The number of hydrogen-bond donors (Lipinski definition) is 1. The first-order chi connectivity index (χ1) is 15.6. The number of aromatic nitrogens is 1. The van der Waals surface area contributed by atoms with Gasteiger partial charge in [-0.2, -0.15) is 4.31 Å². The van der Waals surface area contributed by atoms with Gasteiger partial charge in [-0.3, -0.25) is 9.78 Å². The third-order valence-corrected chi connectivity index (χ3v) is 6.26. The van der Waals surface area contributed by atoms with E-state index in [0.29, 0.717) is 9.87 Å². The molecule has 1 aromatic heterocycles. The van der Waals surface area contributed by atoms with Gasteiger partial charge in [0, 0.05) is 24.4 Å². The summed E-state index contributed by atoms with van der Waals surface area (Å²) >= 11 is 0. The number of sulfonamides is 1. The molecule has 1 heterocycles. The van der Waals surface area contributed by atoms with Crippen LogP contribution in [0.2, 0.25) is 0 Å². The van der Waals surface area contributed by atoms with Crippen molar-refractivity contribution in [1.82, 2.24) is 14.7 Å². The van der Waals surface area contributed by atoms with Gasteiger partial charge in [0.05, 0.1) is 17.5 Å². The molecule has 0 saturated carbocycles. The molecule has 13 heteroatoms. The van der Waals surface area contributed by atoms with Crippen molar-refractivity contribution in [3.63, 3.8) is 0 Å². The van der Waals surface area contributed by atoms with E-state index >= 15 is 0 Å². The number of nitrogens with one attached hydrogen (secondary N) is 1. The van der Waals surface area contributed by atoms with Crippen molar-refractivity contribution in [2.75, 3.05) is 0 Å². The Morgan fingerprint density at radius 2 is 1.67 bits per heavy atom. The van der Waals surface area contributed by atoms with Gasteiger partial charge in [-0.1, -0.05) is 18.2 Å². The lowest BCUT2D eigenvalue weighted by atomic mass is 10.1. The zero-order valence-electron chi connectivity index (χ0n) is 16.5. The van der Waals surface area contributed by atoms with Crippen LogP contribution in [0, 0.1) is 28.2 Å². The lowest BCUT2D eigenvalue weighted by Gasteiger charge is -2.22. The Morgan fingerprint density at radius 3 is 2.27 bits per heavy atom. The first kappa shape index (κ1) is 23.9. The molecular weight excluding hydrogens is 468 g/mol. The zero-order chi connectivity index (χ0) is 24.2. The van der Waals surface area contributed by atoms with Crippen LogP contribution in [0.25, 0.3) is 0 Å². The van der Waals surface area contributed by atoms with Gasteiger partial charge in [0.2, 0.25) is 10.0 Å². The summed E-state index contributed by atoms with van der Waals surface area (Å²) in [5.74, 6) is -9.13. The van der Waals surface area contributed by atoms with Gasteiger partial charge in [-0.15, -0.1) is 4.91 Å². The summed E-state index contributed by atoms with van der Waals surface area (Å²) in [6, 6.07) is 9.94. The molecule has 0 unspecified atom stereocenters. The van der Waals surface area contributed by atoms with Gasteiger partial charge < -0.3 is 0 Å². The molecule has 0 aliphatic carbocycles. The smallest absolute Gasteiger partial charge is 0.267 e. The molecule has 0 bridgehead atoms. The van der Waals surface area contributed by atoms with Crippen molar-refractivity contribution in [2.24, 2.45) is 5.29 Å². The Bertz CT molecular complexity index is 1290. The monoisotopic (exact) mass is 482 g/mol. The molecule has 0 fully saturated rings. The lowest BCUT2D eigenvalue weighted by molar-refractivity contribution is 0.0954. The standard InChI is InChI=1S/C20H14F4N4O4S/c21-15-9-16(18(23)19(24)17(15)22)33(31,32)28(11-14-3-1-2-8-25-14)10-12-4-6-13(7-5-12)20(29)26-27-30/h1-9H,10-11H2,(H,26,29,30). The van der Waals surface area contributed by atoms with Crippen LogP contribution in [-0.2, 0) is 23.1 Å². The molecule has 8 nitrogen and oxygen atoms in total. The summed E-state index contributed by atoms with van der Waals surface area (Å²) in [5, 5.41) is 2.26. The van der Waals surface area contributed by atoms with Gasteiger partial charge in [0.15, 0.2) is 23.3 Å². The maximum absolute atomic E-state index is 14.3. The maximum Gasteiger partial charge on any atom is 0.273 e. The van der Waals surface area contributed by atoms with E-state index in [1.165, 1.54) is 36.5 Å². The molecule has 2 aromatic carbocycles. The van der Waals surface area contributed by atoms with Gasteiger partial charge in [-0.05, 0) is 29.8 Å². The number of carbonyl (C=O) groups excluding carboxylic acids is 1. The van der Waals surface area contributed by atoms with Crippen molar-refractivity contribution < 1.29 is 30.8 Å². The van der Waals surface area contributed by atoms with Crippen molar-refractivity contribution in [2.45, 2.75) is 18.0 Å². The van der Waals surface area contributed by atoms with E-state index in [-0.39, 0.29) is 17.3 Å². The average molecular weight is 482 g/mol. The molecule has 1 amide bonds. The van der Waals surface area contributed by atoms with Crippen molar-refractivity contribution in [3.8, 4) is 0 Å². The van der Waals surface area contributed by atoms with E-state index in [9.17, 15) is 35.7 Å². The minimum absolute atomic E-state index is 0.0474. The zero-order valence-corrected chi connectivity index (χ0v) is 17.3. The topological polar surface area (TPSA) is 109 Å². The predicted octanol–water partition coefficient (Wildman–Crippen LogP) is 3.44. The molecule has 3 rings (SSSR count). The fourth-order valence-electron chi connectivity index (χ4n) is 2.85. The normalized spacial score (nSPS) is 11.4. The summed E-state index contributed by atoms with van der Waals surface area (Å²) in [4.78, 5) is 24.4. The summed E-state index contributed by atoms with van der Waals surface area (Å²) in [7, 11) is -4.89. The second-order valence-electron chi connectivity index (χ2n) is 6.62. The number of benzene rings is 2. The van der Waals surface area contributed by atoms with E-state index < -0.39 is 57.2 Å². The van der Waals surface area contributed by atoms with Crippen LogP contribution >= 0.6 is 0 Å². The number of nitrogens with zero attached hydrogens (tertiary/aromatic N) is 3. The van der Waals surface area contributed by atoms with Gasteiger partial charge in [0.25, 0.3) is 5.91 Å². The molecule has 172 valence electrons. The van der Waals surface area contributed by atoms with E-state index in [0.717, 1.165) is 0 Å². The molecule has 0 radical (unpaired) electrons. The highest BCUT2D eigenvalue weighted by Gasteiger charge is 2.32. The minimum atomic E-state index is -4.89. The summed E-state index contributed by atoms with van der Waals surface area (Å²) < 4.78 is 82.0. The van der Waals surface area contributed by atoms with E-state index in [2.05, 4.69) is 10.3 Å². The minimum Gasteiger partial charge on any atom is -0.267 e. The lowest BCUT2D eigenvalue weighted by Crippen LogP contribution is -2.31. The fraction of sp³-hybridized carbons (Fsp3) is 0.100.